The third-order valence-electron chi connectivity index (χ3n) is 2.69. The Hall–Kier alpha value is -0.850. The Kier molecular flexibility index (Phi) is 2.95. The highest BCUT2D eigenvalue weighted by atomic mass is 14.6. The molecule has 1 rings (SSSR count). The van der Waals surface area contributed by atoms with Crippen LogP contribution in [0.15, 0.2) is 12.4 Å². The molecule has 1 aromatic heterocycles. The van der Waals surface area contributed by atoms with Crippen LogP contribution in [0.5, 0.6) is 0 Å². The molecule has 0 saturated carbocycles. The highest BCUT2D eigenvalue weighted by Gasteiger charge is 2.26. The number of pyridine rings is 1. The monoisotopic (exact) mass is 205 g/mol. The summed E-state index contributed by atoms with van der Waals surface area (Å²) < 4.78 is 0. The van der Waals surface area contributed by atoms with Gasteiger partial charge in [-0.05, 0) is 34.4 Å². The number of aryl methyl sites for hydroxylation is 1. The van der Waals surface area contributed by atoms with E-state index < -0.39 is 0 Å². The molecule has 0 aliphatic rings. The van der Waals surface area contributed by atoms with Gasteiger partial charge >= 0.3 is 0 Å². The standard InChI is InChI=1S/C14H23N/c1-10-8-15-9-11(13(2,3)4)12(10)14(5,6)7/h8-9H,1-7H3. The molecule has 0 amide bonds. The quantitative estimate of drug-likeness (QED) is 0.624. The second-order valence-corrected chi connectivity index (χ2v) is 6.38. The summed E-state index contributed by atoms with van der Waals surface area (Å²) in [7, 11) is 0. The highest BCUT2D eigenvalue weighted by molar-refractivity contribution is 5.40. The van der Waals surface area contributed by atoms with E-state index >= 15 is 0 Å². The molecule has 1 heteroatoms. The SMILES string of the molecule is Cc1cncc(C(C)(C)C)c1C(C)(C)C. The molecule has 0 spiro atoms. The molecule has 0 bridgehead atoms. The van der Waals surface area contributed by atoms with Crippen LogP contribution in [0.4, 0.5) is 0 Å². The first-order valence-corrected chi connectivity index (χ1v) is 5.59. The van der Waals surface area contributed by atoms with Gasteiger partial charge in [0.25, 0.3) is 0 Å². The van der Waals surface area contributed by atoms with Crippen LogP contribution in [-0.2, 0) is 10.8 Å². The van der Waals surface area contributed by atoms with Gasteiger partial charge in [-0.15, -0.1) is 0 Å². The Balaban J connectivity index is 3.48. The maximum atomic E-state index is 4.32. The summed E-state index contributed by atoms with van der Waals surface area (Å²) in [5, 5.41) is 0. The second kappa shape index (κ2) is 3.62. The smallest absolute Gasteiger partial charge is 0.0308 e. The minimum Gasteiger partial charge on any atom is -0.264 e. The first-order chi connectivity index (χ1) is 6.64. The molecule has 0 fully saturated rings. The van der Waals surface area contributed by atoms with Crippen molar-refractivity contribution in [3.05, 3.63) is 29.1 Å². The number of hydrogen-bond donors (Lipinski definition) is 0. The van der Waals surface area contributed by atoms with Gasteiger partial charge in [0.1, 0.15) is 0 Å². The fraction of sp³-hybridized carbons (Fsp3) is 0.643. The van der Waals surface area contributed by atoms with Gasteiger partial charge in [0.2, 0.25) is 0 Å². The molecule has 0 aliphatic carbocycles. The van der Waals surface area contributed by atoms with Crippen molar-refractivity contribution in [2.75, 3.05) is 0 Å². The van der Waals surface area contributed by atoms with Gasteiger partial charge in [-0.1, -0.05) is 41.5 Å². The van der Waals surface area contributed by atoms with E-state index in [1.807, 2.05) is 12.4 Å². The maximum absolute atomic E-state index is 4.32. The van der Waals surface area contributed by atoms with Crippen LogP contribution in [0, 0.1) is 6.92 Å². The summed E-state index contributed by atoms with van der Waals surface area (Å²) in [6.45, 7) is 15.7. The molecular formula is C14H23N. The first kappa shape index (κ1) is 12.2. The molecule has 1 aromatic rings. The molecule has 1 heterocycles. The number of aromatic nitrogens is 1. The van der Waals surface area contributed by atoms with Gasteiger partial charge < -0.3 is 0 Å². The summed E-state index contributed by atoms with van der Waals surface area (Å²) in [6.07, 6.45) is 3.99. The van der Waals surface area contributed by atoms with Gasteiger partial charge in [0.05, 0.1) is 0 Å². The summed E-state index contributed by atoms with van der Waals surface area (Å²) in [6, 6.07) is 0. The van der Waals surface area contributed by atoms with Gasteiger partial charge in [0, 0.05) is 12.4 Å². The van der Waals surface area contributed by atoms with Gasteiger partial charge in [-0.2, -0.15) is 0 Å². The van der Waals surface area contributed by atoms with Crippen molar-refractivity contribution in [2.24, 2.45) is 0 Å². The Labute approximate surface area is 93.9 Å². The van der Waals surface area contributed by atoms with Crippen molar-refractivity contribution < 1.29 is 0 Å². The Morgan fingerprint density at radius 3 is 1.73 bits per heavy atom. The molecule has 0 unspecified atom stereocenters. The number of nitrogens with zero attached hydrogens (tertiary/aromatic N) is 1. The van der Waals surface area contributed by atoms with Crippen molar-refractivity contribution in [2.45, 2.75) is 59.3 Å². The minimum atomic E-state index is 0.168. The van der Waals surface area contributed by atoms with E-state index in [0.717, 1.165) is 0 Å². The van der Waals surface area contributed by atoms with Gasteiger partial charge in [-0.25, -0.2) is 0 Å². The second-order valence-electron chi connectivity index (χ2n) is 6.38. The van der Waals surface area contributed by atoms with Crippen molar-refractivity contribution in [3.63, 3.8) is 0 Å². The lowest BCUT2D eigenvalue weighted by Gasteiger charge is -2.31. The van der Waals surface area contributed by atoms with E-state index in [-0.39, 0.29) is 10.8 Å². The van der Waals surface area contributed by atoms with Crippen molar-refractivity contribution >= 4 is 0 Å². The van der Waals surface area contributed by atoms with Gasteiger partial charge in [-0.3, -0.25) is 4.98 Å². The van der Waals surface area contributed by atoms with Gasteiger partial charge in [0.15, 0.2) is 0 Å². The maximum Gasteiger partial charge on any atom is 0.0308 e. The molecule has 0 aromatic carbocycles. The van der Waals surface area contributed by atoms with Crippen LogP contribution in [0.3, 0.4) is 0 Å². The van der Waals surface area contributed by atoms with Crippen LogP contribution < -0.4 is 0 Å². The minimum absolute atomic E-state index is 0.168. The topological polar surface area (TPSA) is 12.9 Å². The average Bonchev–Trinajstić information content (AvgIpc) is 1.99. The third kappa shape index (κ3) is 2.58. The third-order valence-corrected chi connectivity index (χ3v) is 2.69. The highest BCUT2D eigenvalue weighted by Crippen LogP contribution is 2.34. The summed E-state index contributed by atoms with van der Waals surface area (Å²) in [5.41, 5.74) is 4.48. The van der Waals surface area contributed by atoms with Crippen LogP contribution >= 0.6 is 0 Å². The summed E-state index contributed by atoms with van der Waals surface area (Å²) >= 11 is 0. The summed E-state index contributed by atoms with van der Waals surface area (Å²) in [5.74, 6) is 0. The van der Waals surface area contributed by atoms with E-state index in [2.05, 4.69) is 53.5 Å². The van der Waals surface area contributed by atoms with E-state index in [4.69, 9.17) is 0 Å². The average molecular weight is 205 g/mol. The lowest BCUT2D eigenvalue weighted by molar-refractivity contribution is 0.524. The van der Waals surface area contributed by atoms with E-state index in [1.165, 1.54) is 16.7 Å². The molecule has 15 heavy (non-hydrogen) atoms. The molecule has 0 aliphatic heterocycles. The first-order valence-electron chi connectivity index (χ1n) is 5.59. The molecule has 84 valence electrons. The normalized spacial score (nSPS) is 13.0. The predicted molar refractivity (Wildman–Crippen MR) is 66.4 cm³/mol. The van der Waals surface area contributed by atoms with Crippen molar-refractivity contribution in [3.8, 4) is 0 Å². The van der Waals surface area contributed by atoms with Crippen LogP contribution in [-0.4, -0.2) is 4.98 Å². The largest absolute Gasteiger partial charge is 0.264 e. The van der Waals surface area contributed by atoms with Crippen molar-refractivity contribution in [1.29, 1.82) is 0 Å². The number of hydrogen-bond acceptors (Lipinski definition) is 1. The Morgan fingerprint density at radius 2 is 1.40 bits per heavy atom. The summed E-state index contributed by atoms with van der Waals surface area (Å²) in [4.78, 5) is 4.32. The Morgan fingerprint density at radius 1 is 0.867 bits per heavy atom. The van der Waals surface area contributed by atoms with E-state index in [1.54, 1.807) is 0 Å². The molecule has 0 N–H and O–H groups in total. The molecule has 0 saturated heterocycles. The molecule has 0 radical (unpaired) electrons. The molecule has 1 nitrogen and oxygen atoms in total. The van der Waals surface area contributed by atoms with Crippen LogP contribution in [0.2, 0.25) is 0 Å². The van der Waals surface area contributed by atoms with E-state index in [9.17, 15) is 0 Å². The zero-order valence-electron chi connectivity index (χ0n) is 11.1. The van der Waals surface area contributed by atoms with Crippen molar-refractivity contribution in [1.82, 2.24) is 4.98 Å². The van der Waals surface area contributed by atoms with Crippen LogP contribution in [0.25, 0.3) is 0 Å². The molecular weight excluding hydrogens is 182 g/mol. The Bertz CT molecular complexity index is 351. The fourth-order valence-corrected chi connectivity index (χ4v) is 2.13. The zero-order valence-corrected chi connectivity index (χ0v) is 11.1. The number of rotatable bonds is 0. The lowest BCUT2D eigenvalue weighted by atomic mass is 9.74. The lowest BCUT2D eigenvalue weighted by Crippen LogP contribution is -2.23. The molecule has 0 atom stereocenters. The van der Waals surface area contributed by atoms with E-state index in [0.29, 0.717) is 0 Å². The predicted octanol–water partition coefficient (Wildman–Crippen LogP) is 3.99. The zero-order chi connectivity index (χ0) is 11.9. The van der Waals surface area contributed by atoms with Crippen LogP contribution in [0.1, 0.15) is 58.2 Å². The fourth-order valence-electron chi connectivity index (χ4n) is 2.13.